The average molecular weight is 237 g/mol. The zero-order valence-electron chi connectivity index (χ0n) is 9.46. The lowest BCUT2D eigenvalue weighted by atomic mass is 10.0. The molecule has 1 rings (SSSR count). The van der Waals surface area contributed by atoms with Crippen LogP contribution >= 0.6 is 0 Å². The van der Waals surface area contributed by atoms with Crippen LogP contribution in [0.3, 0.4) is 0 Å². The van der Waals surface area contributed by atoms with Crippen LogP contribution in [0.15, 0.2) is 24.3 Å². The fraction of sp³-hybridized carbons (Fsp3) is 0.333. The Kier molecular flexibility index (Phi) is 4.37. The van der Waals surface area contributed by atoms with E-state index in [1.54, 1.807) is 24.3 Å². The number of amides is 1. The molecular weight excluding hydrogens is 222 g/mol. The van der Waals surface area contributed by atoms with Crippen molar-refractivity contribution in [2.75, 3.05) is 0 Å². The van der Waals surface area contributed by atoms with Crippen molar-refractivity contribution in [3.8, 4) is 0 Å². The van der Waals surface area contributed by atoms with Gasteiger partial charge in [-0.15, -0.1) is 0 Å². The summed E-state index contributed by atoms with van der Waals surface area (Å²) in [7, 11) is 0. The summed E-state index contributed by atoms with van der Waals surface area (Å²) in [5, 5.41) is 18.9. The maximum atomic E-state index is 10.9. The molecule has 1 aromatic rings. The van der Waals surface area contributed by atoms with Gasteiger partial charge in [0.2, 0.25) is 5.91 Å². The molecule has 92 valence electrons. The van der Waals surface area contributed by atoms with Gasteiger partial charge in [-0.1, -0.05) is 24.3 Å². The van der Waals surface area contributed by atoms with Crippen molar-refractivity contribution in [1.29, 1.82) is 0 Å². The Hall–Kier alpha value is -1.72. The zero-order chi connectivity index (χ0) is 13.0. The minimum atomic E-state index is -1.63. The Morgan fingerprint density at radius 1 is 1.24 bits per heavy atom. The van der Waals surface area contributed by atoms with Gasteiger partial charge in [0.15, 0.2) is 6.10 Å². The fourth-order valence-corrected chi connectivity index (χ4v) is 1.46. The van der Waals surface area contributed by atoms with Crippen LogP contribution in [0.1, 0.15) is 24.2 Å². The van der Waals surface area contributed by atoms with Crippen LogP contribution in [0.2, 0.25) is 0 Å². The number of hydrogen-bond acceptors (Lipinski definition) is 4. The Morgan fingerprint density at radius 3 is 2.18 bits per heavy atom. The molecule has 0 aliphatic heterocycles. The molecule has 0 radical (unpaired) electrons. The number of carbonyl (C=O) groups is 2. The van der Waals surface area contributed by atoms with Gasteiger partial charge in [0.25, 0.3) is 0 Å². The molecule has 0 aromatic heterocycles. The maximum Gasteiger partial charge on any atom is 0.249 e. The first-order valence-electron chi connectivity index (χ1n) is 5.15. The summed E-state index contributed by atoms with van der Waals surface area (Å²) < 4.78 is 0. The van der Waals surface area contributed by atoms with Crippen LogP contribution in [0, 0.1) is 0 Å². The van der Waals surface area contributed by atoms with E-state index in [9.17, 15) is 19.8 Å². The number of ketones is 1. The van der Waals surface area contributed by atoms with Gasteiger partial charge in [0.05, 0.1) is 0 Å². The molecular formula is C12H15NO4. The molecule has 1 amide bonds. The van der Waals surface area contributed by atoms with Crippen molar-refractivity contribution in [2.45, 2.75) is 25.6 Å². The number of carbonyl (C=O) groups excluding carboxylic acids is 2. The lowest BCUT2D eigenvalue weighted by Gasteiger charge is -2.15. The number of aliphatic hydroxyl groups is 2. The highest BCUT2D eigenvalue weighted by Gasteiger charge is 2.23. The van der Waals surface area contributed by atoms with Crippen molar-refractivity contribution < 1.29 is 19.8 Å². The second-order valence-corrected chi connectivity index (χ2v) is 3.91. The molecule has 5 nitrogen and oxygen atoms in total. The van der Waals surface area contributed by atoms with Crippen LogP contribution in [-0.4, -0.2) is 28.0 Å². The van der Waals surface area contributed by atoms with Gasteiger partial charge < -0.3 is 15.9 Å². The van der Waals surface area contributed by atoms with E-state index in [0.717, 1.165) is 5.56 Å². The number of rotatable bonds is 5. The van der Waals surface area contributed by atoms with E-state index in [2.05, 4.69) is 0 Å². The predicted molar refractivity (Wildman–Crippen MR) is 61.0 cm³/mol. The third-order valence-corrected chi connectivity index (χ3v) is 2.36. The van der Waals surface area contributed by atoms with E-state index >= 15 is 0 Å². The summed E-state index contributed by atoms with van der Waals surface area (Å²) in [5.41, 5.74) is 6.06. The molecule has 2 atom stereocenters. The van der Waals surface area contributed by atoms with Crippen LogP contribution < -0.4 is 5.73 Å². The molecule has 0 saturated heterocycles. The number of benzene rings is 1. The third kappa shape index (κ3) is 3.65. The van der Waals surface area contributed by atoms with Crippen LogP contribution in [-0.2, 0) is 16.0 Å². The minimum Gasteiger partial charge on any atom is -0.385 e. The van der Waals surface area contributed by atoms with Gasteiger partial charge in [-0.2, -0.15) is 0 Å². The van der Waals surface area contributed by atoms with E-state index in [0.29, 0.717) is 12.0 Å². The predicted octanol–water partition coefficient (Wildman–Crippen LogP) is -0.302. The molecule has 0 heterocycles. The highest BCUT2D eigenvalue weighted by molar-refractivity contribution is 5.79. The SMILES string of the molecule is CC(=O)Cc1ccc(C(O)C(O)C(N)=O)cc1. The van der Waals surface area contributed by atoms with Gasteiger partial charge in [0, 0.05) is 6.42 Å². The fourth-order valence-electron chi connectivity index (χ4n) is 1.46. The number of Topliss-reactive ketones (excluding diaryl/α,β-unsaturated/α-hetero) is 1. The van der Waals surface area contributed by atoms with Crippen molar-refractivity contribution in [3.05, 3.63) is 35.4 Å². The molecule has 0 spiro atoms. The Labute approximate surface area is 98.9 Å². The van der Waals surface area contributed by atoms with E-state index in [1.165, 1.54) is 6.92 Å². The van der Waals surface area contributed by atoms with Crippen molar-refractivity contribution in [1.82, 2.24) is 0 Å². The summed E-state index contributed by atoms with van der Waals surface area (Å²) in [4.78, 5) is 21.6. The number of hydrogen-bond donors (Lipinski definition) is 3. The van der Waals surface area contributed by atoms with Crippen molar-refractivity contribution >= 4 is 11.7 Å². The van der Waals surface area contributed by atoms with Crippen LogP contribution in [0.5, 0.6) is 0 Å². The lowest BCUT2D eigenvalue weighted by Crippen LogP contribution is -2.33. The molecule has 1 aromatic carbocycles. The van der Waals surface area contributed by atoms with E-state index in [4.69, 9.17) is 5.73 Å². The van der Waals surface area contributed by atoms with E-state index < -0.39 is 18.1 Å². The monoisotopic (exact) mass is 237 g/mol. The smallest absolute Gasteiger partial charge is 0.249 e. The Bertz CT molecular complexity index is 413. The quantitative estimate of drug-likeness (QED) is 0.654. The summed E-state index contributed by atoms with van der Waals surface area (Å²) in [6, 6.07) is 6.42. The van der Waals surface area contributed by atoms with Gasteiger partial charge in [-0.3, -0.25) is 9.59 Å². The number of primary amides is 1. The standard InChI is InChI=1S/C12H15NO4/c1-7(14)6-8-2-4-9(5-3-8)10(15)11(16)12(13)17/h2-5,10-11,15-16H,6H2,1H3,(H2,13,17). The van der Waals surface area contributed by atoms with Crippen molar-refractivity contribution in [2.24, 2.45) is 5.73 Å². The van der Waals surface area contributed by atoms with Gasteiger partial charge >= 0.3 is 0 Å². The van der Waals surface area contributed by atoms with E-state index in [-0.39, 0.29) is 5.78 Å². The van der Waals surface area contributed by atoms with Gasteiger partial charge in [0.1, 0.15) is 11.9 Å². The van der Waals surface area contributed by atoms with Crippen LogP contribution in [0.25, 0.3) is 0 Å². The molecule has 17 heavy (non-hydrogen) atoms. The lowest BCUT2D eigenvalue weighted by molar-refractivity contribution is -0.132. The minimum absolute atomic E-state index is 0.0375. The molecule has 0 saturated carbocycles. The highest BCUT2D eigenvalue weighted by atomic mass is 16.3. The Morgan fingerprint density at radius 2 is 1.76 bits per heavy atom. The van der Waals surface area contributed by atoms with E-state index in [1.807, 2.05) is 0 Å². The van der Waals surface area contributed by atoms with Gasteiger partial charge in [-0.05, 0) is 18.1 Å². The second-order valence-electron chi connectivity index (χ2n) is 3.91. The molecule has 5 heteroatoms. The summed E-state index contributed by atoms with van der Waals surface area (Å²) >= 11 is 0. The second kappa shape index (κ2) is 5.56. The third-order valence-electron chi connectivity index (χ3n) is 2.36. The Balaban J connectivity index is 2.80. The van der Waals surface area contributed by atoms with Crippen molar-refractivity contribution in [3.63, 3.8) is 0 Å². The number of nitrogens with two attached hydrogens (primary N) is 1. The summed E-state index contributed by atoms with van der Waals surface area (Å²) in [6.45, 7) is 1.49. The first kappa shape index (κ1) is 13.3. The zero-order valence-corrected chi connectivity index (χ0v) is 9.46. The summed E-state index contributed by atoms with van der Waals surface area (Å²) in [5.74, 6) is -0.944. The molecule has 0 bridgehead atoms. The topological polar surface area (TPSA) is 101 Å². The molecule has 0 fully saturated rings. The highest BCUT2D eigenvalue weighted by Crippen LogP contribution is 2.17. The first-order chi connectivity index (χ1) is 7.91. The number of aliphatic hydroxyl groups excluding tert-OH is 2. The van der Waals surface area contributed by atoms with Gasteiger partial charge in [-0.25, -0.2) is 0 Å². The summed E-state index contributed by atoms with van der Waals surface area (Å²) in [6.07, 6.45) is -2.66. The van der Waals surface area contributed by atoms with Crippen LogP contribution in [0.4, 0.5) is 0 Å². The average Bonchev–Trinajstić information content (AvgIpc) is 2.27. The maximum absolute atomic E-state index is 10.9. The molecule has 0 aliphatic rings. The largest absolute Gasteiger partial charge is 0.385 e. The first-order valence-corrected chi connectivity index (χ1v) is 5.15. The molecule has 0 aliphatic carbocycles. The normalized spacial score (nSPS) is 14.1. The molecule has 2 unspecified atom stereocenters. The molecule has 4 N–H and O–H groups in total.